The Balaban J connectivity index is 1.39. The molecule has 4 aromatic rings. The maximum Gasteiger partial charge on any atom is 0.320 e. The molecule has 0 bridgehead atoms. The molecule has 1 aliphatic rings. The van der Waals surface area contributed by atoms with Gasteiger partial charge in [0.2, 0.25) is 0 Å². The monoisotopic (exact) mass is 656 g/mol. The molecule has 0 amide bonds. The average Bonchev–Trinajstić information content (AvgIpc) is 3.47. The molecular weight excluding hydrogens is 623 g/mol. The van der Waals surface area contributed by atoms with Crippen molar-refractivity contribution in [2.24, 2.45) is 16.5 Å². The van der Waals surface area contributed by atoms with Crippen molar-refractivity contribution in [1.29, 1.82) is 5.26 Å². The van der Waals surface area contributed by atoms with Crippen molar-refractivity contribution in [3.63, 3.8) is 0 Å². The third-order valence-electron chi connectivity index (χ3n) is 7.86. The van der Waals surface area contributed by atoms with Gasteiger partial charge in [0.15, 0.2) is 5.96 Å². The Morgan fingerprint density at radius 3 is 2.72 bits per heavy atom. The second-order valence-electron chi connectivity index (χ2n) is 11.1. The number of guanidine groups is 1. The first-order chi connectivity index (χ1) is 22.7. The summed E-state index contributed by atoms with van der Waals surface area (Å²) in [6, 6.07) is 18.8. The van der Waals surface area contributed by atoms with Gasteiger partial charge in [-0.25, -0.2) is 4.39 Å². The van der Waals surface area contributed by atoms with Crippen LogP contribution >= 0.6 is 11.6 Å². The summed E-state index contributed by atoms with van der Waals surface area (Å²) in [6.45, 7) is 0.529. The van der Waals surface area contributed by atoms with Crippen LogP contribution in [0.5, 0.6) is 11.5 Å². The number of carboxylic acid groups (broad SMARTS) is 1. The number of aliphatic carboxylic acids is 1. The van der Waals surface area contributed by atoms with Crippen LogP contribution in [0.25, 0.3) is 11.1 Å². The van der Waals surface area contributed by atoms with Gasteiger partial charge >= 0.3 is 5.97 Å². The predicted molar refractivity (Wildman–Crippen MR) is 176 cm³/mol. The number of aromatic nitrogens is 1. The molecule has 47 heavy (non-hydrogen) atoms. The highest BCUT2D eigenvalue weighted by Gasteiger charge is 2.28. The largest absolute Gasteiger partial charge is 0.488 e. The van der Waals surface area contributed by atoms with Gasteiger partial charge in [0.05, 0.1) is 10.6 Å². The third-order valence-corrected chi connectivity index (χ3v) is 8.16. The van der Waals surface area contributed by atoms with E-state index in [0.717, 1.165) is 16.7 Å². The van der Waals surface area contributed by atoms with Gasteiger partial charge in [-0.05, 0) is 60.6 Å². The van der Waals surface area contributed by atoms with Gasteiger partial charge in [-0.1, -0.05) is 48.0 Å². The van der Waals surface area contributed by atoms with Crippen LogP contribution in [0, 0.1) is 17.1 Å². The summed E-state index contributed by atoms with van der Waals surface area (Å²) in [5.74, 6) is -0.547. The van der Waals surface area contributed by atoms with Crippen LogP contribution in [0.3, 0.4) is 0 Å². The first kappa shape index (κ1) is 33.2. The van der Waals surface area contributed by atoms with Gasteiger partial charge < -0.3 is 31.4 Å². The summed E-state index contributed by atoms with van der Waals surface area (Å²) < 4.78 is 27.4. The molecule has 0 aliphatic heterocycles. The summed E-state index contributed by atoms with van der Waals surface area (Å²) >= 11 is 6.76. The van der Waals surface area contributed by atoms with Gasteiger partial charge in [-0.15, -0.1) is 0 Å². The van der Waals surface area contributed by atoms with Gasteiger partial charge in [0.25, 0.3) is 0 Å². The molecule has 0 unspecified atom stereocenters. The smallest absolute Gasteiger partial charge is 0.320 e. The minimum Gasteiger partial charge on any atom is -0.488 e. The number of carboxylic acids is 1. The molecule has 1 aliphatic carbocycles. The summed E-state index contributed by atoms with van der Waals surface area (Å²) in [4.78, 5) is 20.0. The molecule has 0 radical (unpaired) electrons. The van der Waals surface area contributed by atoms with E-state index >= 15 is 0 Å². The predicted octanol–water partition coefficient (Wildman–Crippen LogP) is 5.65. The maximum atomic E-state index is 14.7. The number of hydrogen-bond donors (Lipinski definition) is 4. The quantitative estimate of drug-likeness (QED) is 0.0760. The maximum absolute atomic E-state index is 14.7. The molecule has 1 heterocycles. The van der Waals surface area contributed by atoms with Crippen molar-refractivity contribution >= 4 is 23.5 Å². The summed E-state index contributed by atoms with van der Waals surface area (Å²) in [6.07, 6.45) is 4.86. The SMILES string of the molecule is N#Cc1cncc(COc2cc(O[C@H]3CCc4c(-c5ccccc5F)cccc43)c(Cl)cc2CN[C@H](CCCN=C(N)N)C(=O)O)c1. The standard InChI is InChI=1S/C35H34ClFN6O4/c36-28-14-23(19-43-30(34(44)45)9-4-12-42-35(39)40)32(46-20-22-13-21(16-38)17-41-18-22)15-33(28)47-31-11-10-25-24(6-3-7-27(25)31)26-5-1-2-8-29(26)37/h1-3,5-8,13-15,17-18,30-31,43H,4,9-12,19-20H2,(H,44,45)(H4,39,40,42)/t30-,31+/m1/s1. The van der Waals surface area contributed by atoms with E-state index in [0.29, 0.717) is 71.0 Å². The zero-order valence-electron chi connectivity index (χ0n) is 25.5. The van der Waals surface area contributed by atoms with E-state index in [1.807, 2.05) is 24.3 Å². The lowest BCUT2D eigenvalue weighted by molar-refractivity contribution is -0.139. The summed E-state index contributed by atoms with van der Waals surface area (Å²) in [7, 11) is 0. The van der Waals surface area contributed by atoms with E-state index in [1.54, 1.807) is 36.5 Å². The first-order valence-electron chi connectivity index (χ1n) is 15.1. The number of rotatable bonds is 14. The normalized spacial score (nSPS) is 14.1. The number of halogens is 2. The number of hydrogen-bond acceptors (Lipinski definition) is 7. The fourth-order valence-corrected chi connectivity index (χ4v) is 5.83. The van der Waals surface area contributed by atoms with Crippen molar-refractivity contribution in [3.8, 4) is 28.7 Å². The van der Waals surface area contributed by atoms with Crippen molar-refractivity contribution in [2.75, 3.05) is 6.54 Å². The van der Waals surface area contributed by atoms with Gasteiger partial charge in [0, 0.05) is 48.2 Å². The van der Waals surface area contributed by atoms with Crippen LogP contribution in [0.2, 0.25) is 5.02 Å². The molecule has 2 atom stereocenters. The topological polar surface area (TPSA) is 169 Å². The van der Waals surface area contributed by atoms with Crippen LogP contribution in [0.1, 0.15) is 53.2 Å². The molecule has 3 aromatic carbocycles. The third kappa shape index (κ3) is 8.35. The Morgan fingerprint density at radius 2 is 1.96 bits per heavy atom. The lowest BCUT2D eigenvalue weighted by atomic mass is 9.96. The zero-order chi connectivity index (χ0) is 33.3. The van der Waals surface area contributed by atoms with E-state index < -0.39 is 12.0 Å². The van der Waals surface area contributed by atoms with Crippen LogP contribution < -0.4 is 26.3 Å². The second-order valence-corrected chi connectivity index (χ2v) is 11.5. The molecule has 10 nitrogen and oxygen atoms in total. The van der Waals surface area contributed by atoms with Crippen LogP contribution in [0.15, 0.2) is 78.0 Å². The molecular formula is C35H34ClFN6O4. The molecule has 242 valence electrons. The zero-order valence-corrected chi connectivity index (χ0v) is 26.2. The molecule has 12 heteroatoms. The number of fused-ring (bicyclic) bond motifs is 1. The van der Waals surface area contributed by atoms with E-state index in [1.165, 1.54) is 12.3 Å². The Kier molecular flexibility index (Phi) is 10.9. The highest BCUT2D eigenvalue weighted by Crippen LogP contribution is 2.43. The molecule has 5 rings (SSSR count). The number of pyridine rings is 1. The number of benzene rings is 3. The lowest BCUT2D eigenvalue weighted by Gasteiger charge is -2.21. The van der Waals surface area contributed by atoms with Crippen LogP contribution in [-0.4, -0.2) is 34.6 Å². The number of carbonyl (C=O) groups is 1. The van der Waals surface area contributed by atoms with E-state index in [2.05, 4.69) is 21.4 Å². The number of aliphatic imine (C=N–C) groups is 1. The summed E-state index contributed by atoms with van der Waals surface area (Å²) in [5.41, 5.74) is 15.8. The number of ether oxygens (including phenoxy) is 2. The number of nitrogens with one attached hydrogen (secondary N) is 1. The van der Waals surface area contributed by atoms with Crippen LogP contribution in [-0.2, 0) is 24.4 Å². The fourth-order valence-electron chi connectivity index (χ4n) is 5.60. The highest BCUT2D eigenvalue weighted by molar-refractivity contribution is 6.32. The van der Waals surface area contributed by atoms with E-state index in [-0.39, 0.29) is 31.0 Å². The summed E-state index contributed by atoms with van der Waals surface area (Å²) in [5, 5.41) is 22.5. The first-order valence-corrected chi connectivity index (χ1v) is 15.5. The fraction of sp³-hybridized carbons (Fsp3) is 0.257. The Morgan fingerprint density at radius 1 is 1.15 bits per heavy atom. The van der Waals surface area contributed by atoms with Crippen LogP contribution in [0.4, 0.5) is 4.39 Å². The Bertz CT molecular complexity index is 1820. The Hall–Kier alpha value is -5.18. The Labute approximate surface area is 276 Å². The average molecular weight is 657 g/mol. The van der Waals surface area contributed by atoms with E-state index in [4.69, 9.17) is 32.5 Å². The molecule has 1 aromatic heterocycles. The minimum atomic E-state index is -1.02. The van der Waals surface area contributed by atoms with Crippen molar-refractivity contribution in [2.45, 2.75) is 51.0 Å². The molecule has 0 saturated heterocycles. The molecule has 6 N–H and O–H groups in total. The van der Waals surface area contributed by atoms with Gasteiger partial charge in [0.1, 0.15) is 42.1 Å². The number of nitriles is 1. The number of nitrogens with zero attached hydrogens (tertiary/aromatic N) is 3. The molecule has 0 fully saturated rings. The van der Waals surface area contributed by atoms with Gasteiger partial charge in [-0.3, -0.25) is 14.8 Å². The van der Waals surface area contributed by atoms with Crippen molar-refractivity contribution in [3.05, 3.63) is 112 Å². The molecule has 0 spiro atoms. The molecule has 0 saturated carbocycles. The minimum absolute atomic E-state index is 0.0503. The lowest BCUT2D eigenvalue weighted by Crippen LogP contribution is -2.36. The number of nitrogens with two attached hydrogens (primary N) is 2. The van der Waals surface area contributed by atoms with Crippen molar-refractivity contribution < 1.29 is 23.8 Å². The second kappa shape index (κ2) is 15.4. The van der Waals surface area contributed by atoms with E-state index in [9.17, 15) is 19.6 Å². The van der Waals surface area contributed by atoms with Crippen molar-refractivity contribution in [1.82, 2.24) is 10.3 Å². The van der Waals surface area contributed by atoms with Gasteiger partial charge in [-0.2, -0.15) is 5.26 Å². The highest BCUT2D eigenvalue weighted by atomic mass is 35.5.